The molecular weight excluding hydrogens is 421 g/mol. The van der Waals surface area contributed by atoms with Gasteiger partial charge in [-0.1, -0.05) is 55.8 Å². The molecule has 3 aromatic carbocycles. The van der Waals surface area contributed by atoms with Crippen molar-refractivity contribution in [1.29, 1.82) is 0 Å². The van der Waals surface area contributed by atoms with E-state index in [1.165, 1.54) is 19.6 Å². The summed E-state index contributed by atoms with van der Waals surface area (Å²) >= 11 is 0. The van der Waals surface area contributed by atoms with Crippen LogP contribution < -0.4 is 4.74 Å². The molecule has 0 aliphatic heterocycles. The van der Waals surface area contributed by atoms with E-state index in [0.717, 1.165) is 48.3 Å². The molecule has 0 amide bonds. The van der Waals surface area contributed by atoms with Crippen molar-refractivity contribution >= 4 is 0 Å². The molecule has 1 saturated carbocycles. The first-order valence-electron chi connectivity index (χ1n) is 11.9. The monoisotopic (exact) mass is 452 g/mol. The van der Waals surface area contributed by atoms with Crippen molar-refractivity contribution in [2.45, 2.75) is 57.8 Å². The minimum absolute atomic E-state index is 0.131. The second-order valence-corrected chi connectivity index (χ2v) is 9.11. The maximum absolute atomic E-state index is 14.9. The summed E-state index contributed by atoms with van der Waals surface area (Å²) in [6, 6.07) is 16.2. The second kappa shape index (κ2) is 10.5. The van der Waals surface area contributed by atoms with Crippen LogP contribution in [0.15, 0.2) is 54.6 Å². The summed E-state index contributed by atoms with van der Waals surface area (Å²) in [6.45, 7) is 2.20. The van der Waals surface area contributed by atoms with Crippen molar-refractivity contribution in [2.75, 3.05) is 7.11 Å². The van der Waals surface area contributed by atoms with E-state index < -0.39 is 17.5 Å². The van der Waals surface area contributed by atoms with E-state index in [1.807, 2.05) is 30.3 Å². The Balaban J connectivity index is 1.41. The van der Waals surface area contributed by atoms with Gasteiger partial charge in [-0.05, 0) is 90.3 Å². The van der Waals surface area contributed by atoms with Gasteiger partial charge in [0.05, 0.1) is 7.11 Å². The van der Waals surface area contributed by atoms with Gasteiger partial charge in [-0.2, -0.15) is 0 Å². The molecule has 0 saturated heterocycles. The van der Waals surface area contributed by atoms with Crippen LogP contribution in [-0.4, -0.2) is 7.11 Å². The Morgan fingerprint density at radius 1 is 0.788 bits per heavy atom. The minimum atomic E-state index is -0.699. The zero-order valence-corrected chi connectivity index (χ0v) is 19.3. The Hall–Kier alpha value is -2.75. The summed E-state index contributed by atoms with van der Waals surface area (Å²) in [5.41, 5.74) is 3.63. The van der Waals surface area contributed by atoms with Crippen LogP contribution >= 0.6 is 0 Å². The summed E-state index contributed by atoms with van der Waals surface area (Å²) in [4.78, 5) is 0. The van der Waals surface area contributed by atoms with Crippen LogP contribution in [0.25, 0.3) is 11.1 Å². The summed E-state index contributed by atoms with van der Waals surface area (Å²) in [5.74, 6) is -0.697. The van der Waals surface area contributed by atoms with Gasteiger partial charge >= 0.3 is 0 Å². The van der Waals surface area contributed by atoms with E-state index in [-0.39, 0.29) is 11.7 Å². The SMILES string of the molecule is CCC1CCC(c2ccc(CCc3ccc(-c4ccc(OC)c(F)c4)cc3)c(F)c2F)CC1. The van der Waals surface area contributed by atoms with Crippen molar-refractivity contribution in [3.05, 3.63) is 88.7 Å². The normalized spacial score (nSPS) is 18.3. The first kappa shape index (κ1) is 23.4. The zero-order chi connectivity index (χ0) is 23.4. The maximum atomic E-state index is 14.9. The first-order valence-corrected chi connectivity index (χ1v) is 11.9. The van der Waals surface area contributed by atoms with Gasteiger partial charge in [-0.15, -0.1) is 0 Å². The molecule has 33 heavy (non-hydrogen) atoms. The molecule has 1 aliphatic carbocycles. The summed E-state index contributed by atoms with van der Waals surface area (Å²) in [7, 11) is 1.44. The van der Waals surface area contributed by atoms with Gasteiger partial charge in [-0.25, -0.2) is 13.2 Å². The number of methoxy groups -OCH3 is 1. The lowest BCUT2D eigenvalue weighted by atomic mass is 9.77. The van der Waals surface area contributed by atoms with Gasteiger partial charge in [0.15, 0.2) is 23.2 Å². The number of aryl methyl sites for hydroxylation is 2. The van der Waals surface area contributed by atoms with E-state index in [1.54, 1.807) is 18.2 Å². The fraction of sp³-hybridized carbons (Fsp3) is 0.379. The van der Waals surface area contributed by atoms with E-state index in [0.29, 0.717) is 24.0 Å². The van der Waals surface area contributed by atoms with E-state index in [9.17, 15) is 13.2 Å². The van der Waals surface area contributed by atoms with Crippen LogP contribution in [0.1, 0.15) is 61.6 Å². The molecule has 3 aromatic rings. The molecule has 0 aromatic heterocycles. The lowest BCUT2D eigenvalue weighted by Crippen LogP contribution is -2.14. The van der Waals surface area contributed by atoms with Crippen LogP contribution in [-0.2, 0) is 12.8 Å². The molecule has 0 heterocycles. The smallest absolute Gasteiger partial charge is 0.165 e. The van der Waals surface area contributed by atoms with Gasteiger partial charge < -0.3 is 4.74 Å². The average molecular weight is 453 g/mol. The molecule has 0 unspecified atom stereocenters. The number of hydrogen-bond donors (Lipinski definition) is 0. The lowest BCUT2D eigenvalue weighted by Gasteiger charge is -2.28. The van der Waals surface area contributed by atoms with Crippen molar-refractivity contribution in [3.63, 3.8) is 0 Å². The molecule has 0 N–H and O–H groups in total. The highest BCUT2D eigenvalue weighted by Crippen LogP contribution is 2.38. The zero-order valence-electron chi connectivity index (χ0n) is 19.3. The molecular formula is C29H31F3O. The third kappa shape index (κ3) is 5.26. The topological polar surface area (TPSA) is 9.23 Å². The largest absolute Gasteiger partial charge is 0.494 e. The highest BCUT2D eigenvalue weighted by Gasteiger charge is 2.25. The fourth-order valence-corrected chi connectivity index (χ4v) is 4.98. The Kier molecular flexibility index (Phi) is 7.42. The molecule has 1 fully saturated rings. The molecule has 0 radical (unpaired) electrons. The Morgan fingerprint density at radius 3 is 2.12 bits per heavy atom. The van der Waals surface area contributed by atoms with Crippen molar-refractivity contribution in [1.82, 2.24) is 0 Å². The minimum Gasteiger partial charge on any atom is -0.494 e. The van der Waals surface area contributed by atoms with Gasteiger partial charge in [0.2, 0.25) is 0 Å². The predicted molar refractivity (Wildman–Crippen MR) is 127 cm³/mol. The number of ether oxygens (including phenoxy) is 1. The van der Waals surface area contributed by atoms with E-state index in [2.05, 4.69) is 6.92 Å². The molecule has 4 rings (SSSR count). The van der Waals surface area contributed by atoms with Crippen LogP contribution in [0.3, 0.4) is 0 Å². The van der Waals surface area contributed by atoms with Crippen LogP contribution in [0, 0.1) is 23.4 Å². The highest BCUT2D eigenvalue weighted by atomic mass is 19.2. The standard InChI is InChI=1S/C29H31F3O/c1-3-19-4-11-22(12-5-19)25-16-14-23(28(31)29(25)32)13-8-20-6-9-21(10-7-20)24-15-17-27(33-2)26(30)18-24/h6-7,9-10,14-19,22H,3-5,8,11-13H2,1-2H3. The summed E-state index contributed by atoms with van der Waals surface area (Å²) in [5, 5.41) is 0. The van der Waals surface area contributed by atoms with Gasteiger partial charge in [0, 0.05) is 0 Å². The first-order chi connectivity index (χ1) is 16.0. The van der Waals surface area contributed by atoms with Crippen LogP contribution in [0.2, 0.25) is 0 Å². The fourth-order valence-electron chi connectivity index (χ4n) is 4.98. The van der Waals surface area contributed by atoms with Crippen LogP contribution in [0.4, 0.5) is 13.2 Å². The average Bonchev–Trinajstić information content (AvgIpc) is 2.85. The lowest BCUT2D eigenvalue weighted by molar-refractivity contribution is 0.312. The van der Waals surface area contributed by atoms with Crippen molar-refractivity contribution < 1.29 is 17.9 Å². The summed E-state index contributed by atoms with van der Waals surface area (Å²) < 4.78 is 48.6. The second-order valence-electron chi connectivity index (χ2n) is 9.11. The molecule has 0 atom stereocenters. The molecule has 174 valence electrons. The summed E-state index contributed by atoms with van der Waals surface area (Å²) in [6.07, 6.45) is 6.29. The molecule has 1 nitrogen and oxygen atoms in total. The number of hydrogen-bond acceptors (Lipinski definition) is 1. The Labute approximate surface area is 194 Å². The third-order valence-corrected chi connectivity index (χ3v) is 7.18. The predicted octanol–water partition coefficient (Wildman–Crippen LogP) is 8.25. The quantitative estimate of drug-likeness (QED) is 0.351. The van der Waals surface area contributed by atoms with Gasteiger partial charge in [0.25, 0.3) is 0 Å². The van der Waals surface area contributed by atoms with Gasteiger partial charge in [0.1, 0.15) is 0 Å². The Morgan fingerprint density at radius 2 is 1.48 bits per heavy atom. The molecule has 0 bridgehead atoms. The Bertz CT molecular complexity index is 1080. The highest BCUT2D eigenvalue weighted by molar-refractivity contribution is 5.64. The molecule has 4 heteroatoms. The van der Waals surface area contributed by atoms with Crippen LogP contribution in [0.5, 0.6) is 5.75 Å². The van der Waals surface area contributed by atoms with Crippen molar-refractivity contribution in [2.24, 2.45) is 5.92 Å². The molecule has 1 aliphatic rings. The van der Waals surface area contributed by atoms with Crippen molar-refractivity contribution in [3.8, 4) is 16.9 Å². The number of rotatable bonds is 7. The van der Waals surface area contributed by atoms with Gasteiger partial charge in [-0.3, -0.25) is 0 Å². The third-order valence-electron chi connectivity index (χ3n) is 7.18. The van der Waals surface area contributed by atoms with E-state index in [4.69, 9.17) is 4.74 Å². The number of benzene rings is 3. The van der Waals surface area contributed by atoms with E-state index >= 15 is 0 Å². The maximum Gasteiger partial charge on any atom is 0.165 e. The molecule has 0 spiro atoms. The number of halogens is 3.